The van der Waals surface area contributed by atoms with E-state index in [1.165, 1.54) is 0 Å². The van der Waals surface area contributed by atoms with Gasteiger partial charge in [-0.15, -0.1) is 0 Å². The average Bonchev–Trinajstić information content (AvgIpc) is 2.87. The number of carbonyl (C=O) groups is 3. The Morgan fingerprint density at radius 2 is 1.00 bits per heavy atom. The number of unbranched alkanes of at least 4 members (excludes halogenated alkanes) is 3. The molecule has 218 valence electrons. The van der Waals surface area contributed by atoms with E-state index in [0.717, 1.165) is 51.4 Å². The minimum Gasteiger partial charge on any atom is -0.481 e. The van der Waals surface area contributed by atoms with E-state index in [0.29, 0.717) is 25.7 Å². The minimum absolute atomic E-state index is 0.0419. The third-order valence-corrected chi connectivity index (χ3v) is 8.74. The van der Waals surface area contributed by atoms with Crippen molar-refractivity contribution in [3.63, 3.8) is 0 Å². The Hall–Kier alpha value is -1.63. The van der Waals surface area contributed by atoms with Gasteiger partial charge in [0.15, 0.2) is 5.60 Å². The van der Waals surface area contributed by atoms with Gasteiger partial charge >= 0.3 is 17.9 Å². The molecule has 0 amide bonds. The topological polar surface area (TPSA) is 132 Å². The highest BCUT2D eigenvalue weighted by molar-refractivity contribution is 5.93. The van der Waals surface area contributed by atoms with Crippen LogP contribution < -0.4 is 0 Å². The molecule has 0 spiro atoms. The maximum absolute atomic E-state index is 13.3. The molecule has 0 saturated heterocycles. The van der Waals surface area contributed by atoms with Crippen LogP contribution in [0.15, 0.2) is 0 Å². The van der Waals surface area contributed by atoms with Crippen LogP contribution in [0.3, 0.4) is 0 Å². The van der Waals surface area contributed by atoms with Crippen molar-refractivity contribution in [1.82, 2.24) is 0 Å². The Morgan fingerprint density at radius 3 is 1.27 bits per heavy atom. The molecule has 37 heavy (non-hydrogen) atoms. The second-order valence-corrected chi connectivity index (χ2v) is 11.2. The number of hydrogen-bond acceptors (Lipinski definition) is 4. The van der Waals surface area contributed by atoms with Crippen molar-refractivity contribution in [3.8, 4) is 0 Å². The lowest BCUT2D eigenvalue weighted by atomic mass is 9.56. The summed E-state index contributed by atoms with van der Waals surface area (Å²) in [5.74, 6) is -6.63. The minimum atomic E-state index is -2.93. The van der Waals surface area contributed by atoms with E-state index in [1.54, 1.807) is 0 Å². The van der Waals surface area contributed by atoms with E-state index in [2.05, 4.69) is 0 Å². The number of hydrogen-bond donors (Lipinski definition) is 4. The Bertz CT molecular complexity index is 659. The van der Waals surface area contributed by atoms with E-state index < -0.39 is 34.8 Å². The van der Waals surface area contributed by atoms with E-state index in [9.17, 15) is 34.8 Å². The third kappa shape index (κ3) is 9.56. The number of rotatable bonds is 23. The first-order valence-corrected chi connectivity index (χ1v) is 14.9. The fourth-order valence-electron chi connectivity index (χ4n) is 6.06. The maximum Gasteiger partial charge on any atom is 0.337 e. The molecule has 0 rings (SSSR count). The van der Waals surface area contributed by atoms with Crippen molar-refractivity contribution in [3.05, 3.63) is 0 Å². The SMILES string of the molecule is CCCC[C@@H](CC)CC(C[C@H](CC)CCCC)(C(=O)O)[C@](O)(C(=O)O)[C@H](C[C@@H](CC)CCCC)C(=O)O. The highest BCUT2D eigenvalue weighted by Crippen LogP contribution is 2.51. The van der Waals surface area contributed by atoms with Crippen molar-refractivity contribution in [1.29, 1.82) is 0 Å². The maximum atomic E-state index is 13.3. The van der Waals surface area contributed by atoms with Gasteiger partial charge in [-0.3, -0.25) is 9.59 Å². The number of carboxylic acids is 3. The van der Waals surface area contributed by atoms with Crippen LogP contribution in [0.1, 0.15) is 138 Å². The summed E-state index contributed by atoms with van der Waals surface area (Å²) < 4.78 is 0. The molecule has 0 unspecified atom stereocenters. The van der Waals surface area contributed by atoms with E-state index in [4.69, 9.17) is 0 Å². The van der Waals surface area contributed by atoms with Gasteiger partial charge in [0.2, 0.25) is 0 Å². The van der Waals surface area contributed by atoms with Crippen LogP contribution >= 0.6 is 0 Å². The van der Waals surface area contributed by atoms with Crippen LogP contribution in [0.25, 0.3) is 0 Å². The van der Waals surface area contributed by atoms with Crippen molar-refractivity contribution < 1.29 is 34.8 Å². The number of aliphatic hydroxyl groups is 1. The van der Waals surface area contributed by atoms with Crippen LogP contribution in [0.5, 0.6) is 0 Å². The first kappa shape index (κ1) is 35.4. The Labute approximate surface area is 225 Å². The number of aliphatic carboxylic acids is 3. The zero-order valence-corrected chi connectivity index (χ0v) is 24.4. The summed E-state index contributed by atoms with van der Waals surface area (Å²) in [6.45, 7) is 12.0. The summed E-state index contributed by atoms with van der Waals surface area (Å²) >= 11 is 0. The Kier molecular flexibility index (Phi) is 17.0. The molecule has 0 aliphatic rings. The van der Waals surface area contributed by atoms with E-state index in [-0.39, 0.29) is 37.0 Å². The van der Waals surface area contributed by atoms with Crippen LogP contribution in [-0.2, 0) is 14.4 Å². The van der Waals surface area contributed by atoms with Crippen LogP contribution in [0, 0.1) is 29.1 Å². The van der Waals surface area contributed by atoms with Crippen LogP contribution in [-0.4, -0.2) is 43.9 Å². The Balaban J connectivity index is 7.05. The second-order valence-electron chi connectivity index (χ2n) is 11.2. The predicted molar refractivity (Wildman–Crippen MR) is 148 cm³/mol. The summed E-state index contributed by atoms with van der Waals surface area (Å²) in [4.78, 5) is 38.9. The zero-order valence-electron chi connectivity index (χ0n) is 24.4. The molecule has 0 fully saturated rings. The molecule has 0 aromatic heterocycles. The van der Waals surface area contributed by atoms with Gasteiger partial charge in [0.25, 0.3) is 0 Å². The largest absolute Gasteiger partial charge is 0.481 e. The van der Waals surface area contributed by atoms with Crippen LogP contribution in [0.4, 0.5) is 0 Å². The van der Waals surface area contributed by atoms with Crippen molar-refractivity contribution in [2.75, 3.05) is 0 Å². The first-order valence-electron chi connectivity index (χ1n) is 14.9. The third-order valence-electron chi connectivity index (χ3n) is 8.74. The molecule has 0 aromatic carbocycles. The fraction of sp³-hybridized carbons (Fsp3) is 0.900. The van der Waals surface area contributed by atoms with Gasteiger partial charge in [-0.25, -0.2) is 4.79 Å². The lowest BCUT2D eigenvalue weighted by Crippen LogP contribution is -2.65. The molecular weight excluding hydrogens is 472 g/mol. The molecule has 0 heterocycles. The molecule has 0 bridgehead atoms. The Morgan fingerprint density at radius 1 is 0.622 bits per heavy atom. The monoisotopic (exact) mass is 528 g/mol. The van der Waals surface area contributed by atoms with Crippen molar-refractivity contribution in [2.24, 2.45) is 29.1 Å². The fourth-order valence-corrected chi connectivity index (χ4v) is 6.06. The van der Waals surface area contributed by atoms with Gasteiger partial charge < -0.3 is 20.4 Å². The predicted octanol–water partition coefficient (Wildman–Crippen LogP) is 7.39. The van der Waals surface area contributed by atoms with Crippen LogP contribution in [0.2, 0.25) is 0 Å². The highest BCUT2D eigenvalue weighted by Gasteiger charge is 2.67. The van der Waals surface area contributed by atoms with Gasteiger partial charge in [0, 0.05) is 0 Å². The summed E-state index contributed by atoms with van der Waals surface area (Å²) in [7, 11) is 0. The standard InChI is InChI=1S/C30H56O7/c1-7-13-16-22(10-4)19-25(26(31)32)30(37,28(35)36)29(27(33)34,20-23(11-5)17-14-8-2)21-24(12-6)18-15-9-3/h22-25,37H,7-21H2,1-6H3,(H,31,32)(H,33,34)(H,35,36)/t22-,23+,24+,25+,30+/m0/s1. The normalized spacial score (nSPS) is 16.9. The molecule has 5 atom stereocenters. The van der Waals surface area contributed by atoms with Gasteiger partial charge in [-0.05, 0) is 37.0 Å². The quantitative estimate of drug-likeness (QED) is 0.109. The molecule has 7 heteroatoms. The van der Waals surface area contributed by atoms with E-state index >= 15 is 0 Å². The lowest BCUT2D eigenvalue weighted by molar-refractivity contribution is -0.211. The molecule has 0 aliphatic heterocycles. The molecule has 0 aliphatic carbocycles. The van der Waals surface area contributed by atoms with Gasteiger partial charge in [0.1, 0.15) is 5.41 Å². The average molecular weight is 529 g/mol. The van der Waals surface area contributed by atoms with Crippen molar-refractivity contribution in [2.45, 2.75) is 143 Å². The molecular formula is C30H56O7. The summed E-state index contributed by atoms with van der Waals surface area (Å²) in [5.41, 5.74) is -5.03. The van der Waals surface area contributed by atoms with Gasteiger partial charge in [-0.1, -0.05) is 119 Å². The molecule has 4 N–H and O–H groups in total. The smallest absolute Gasteiger partial charge is 0.337 e. The summed E-state index contributed by atoms with van der Waals surface area (Å²) in [5, 5.41) is 43.8. The summed E-state index contributed by atoms with van der Waals surface area (Å²) in [6, 6.07) is 0. The second kappa shape index (κ2) is 17.8. The molecule has 0 aromatic rings. The first-order chi connectivity index (χ1) is 17.4. The van der Waals surface area contributed by atoms with E-state index in [1.807, 2.05) is 41.5 Å². The molecule has 0 radical (unpaired) electrons. The number of carboxylic acid groups (broad SMARTS) is 3. The van der Waals surface area contributed by atoms with Gasteiger partial charge in [-0.2, -0.15) is 0 Å². The lowest BCUT2D eigenvalue weighted by Gasteiger charge is -2.48. The zero-order chi connectivity index (χ0) is 28.6. The van der Waals surface area contributed by atoms with Crippen molar-refractivity contribution >= 4 is 17.9 Å². The van der Waals surface area contributed by atoms with Gasteiger partial charge in [0.05, 0.1) is 5.92 Å². The highest BCUT2D eigenvalue weighted by atomic mass is 16.4. The summed E-state index contributed by atoms with van der Waals surface area (Å²) in [6.07, 6.45) is 9.29. The molecule has 7 nitrogen and oxygen atoms in total. The molecule has 0 saturated carbocycles.